The van der Waals surface area contributed by atoms with E-state index in [9.17, 15) is 13.2 Å². The molecule has 1 heterocycles. The van der Waals surface area contributed by atoms with Gasteiger partial charge in [-0.15, -0.1) is 0 Å². The fourth-order valence-electron chi connectivity index (χ4n) is 1.34. The van der Waals surface area contributed by atoms with E-state index in [2.05, 4.69) is 9.97 Å². The summed E-state index contributed by atoms with van der Waals surface area (Å²) in [6, 6.07) is 1.34. The highest BCUT2D eigenvalue weighted by Crippen LogP contribution is 2.22. The van der Waals surface area contributed by atoms with E-state index in [-0.39, 0.29) is 17.5 Å². The Morgan fingerprint density at radius 3 is 2.41 bits per heavy atom. The zero-order valence-corrected chi connectivity index (χ0v) is 10.3. The molecular weight excluding hydrogens is 255 g/mol. The summed E-state index contributed by atoms with van der Waals surface area (Å²) in [7, 11) is 0. The van der Waals surface area contributed by atoms with Crippen molar-refractivity contribution in [3.8, 4) is 0 Å². The minimum absolute atomic E-state index is 0.160. The molecule has 17 heavy (non-hydrogen) atoms. The van der Waals surface area contributed by atoms with Crippen LogP contribution in [0.2, 0.25) is 5.15 Å². The zero-order valence-electron chi connectivity index (χ0n) is 9.55. The van der Waals surface area contributed by atoms with Crippen molar-refractivity contribution in [2.75, 3.05) is 18.0 Å². The molecule has 0 saturated heterocycles. The van der Waals surface area contributed by atoms with Gasteiger partial charge < -0.3 is 4.90 Å². The monoisotopic (exact) mass is 267 g/mol. The molecule has 0 saturated carbocycles. The van der Waals surface area contributed by atoms with Gasteiger partial charge in [-0.1, -0.05) is 18.5 Å². The van der Waals surface area contributed by atoms with Crippen molar-refractivity contribution in [3.05, 3.63) is 17.0 Å². The Hall–Kier alpha value is -1.04. The second-order valence-corrected chi connectivity index (χ2v) is 3.84. The SMILES string of the molecule is CCc1nc(Cl)cc(N(CC)CC(F)(F)F)n1. The molecule has 0 aliphatic carbocycles. The highest BCUT2D eigenvalue weighted by atomic mass is 35.5. The van der Waals surface area contributed by atoms with E-state index in [0.717, 1.165) is 4.90 Å². The third-order valence-corrected chi connectivity index (χ3v) is 2.31. The third kappa shape index (κ3) is 4.38. The quantitative estimate of drug-likeness (QED) is 0.785. The maximum Gasteiger partial charge on any atom is 0.405 e. The molecule has 1 aromatic rings. The predicted octanol–water partition coefficient (Wildman–Crippen LogP) is 3.08. The number of aromatic nitrogens is 2. The number of rotatable bonds is 4. The summed E-state index contributed by atoms with van der Waals surface area (Å²) in [6.07, 6.45) is -3.74. The summed E-state index contributed by atoms with van der Waals surface area (Å²) in [5.41, 5.74) is 0. The first kappa shape index (κ1) is 14.0. The van der Waals surface area contributed by atoms with Gasteiger partial charge in [0, 0.05) is 19.0 Å². The van der Waals surface area contributed by atoms with Crippen LogP contribution >= 0.6 is 11.6 Å². The number of anilines is 1. The molecule has 0 aliphatic rings. The molecule has 0 aliphatic heterocycles. The molecule has 0 amide bonds. The molecule has 1 rings (SSSR count). The smallest absolute Gasteiger partial charge is 0.348 e. The lowest BCUT2D eigenvalue weighted by Crippen LogP contribution is -2.34. The Kier molecular flexibility index (Phi) is 4.56. The van der Waals surface area contributed by atoms with Gasteiger partial charge >= 0.3 is 6.18 Å². The molecule has 3 nitrogen and oxygen atoms in total. The van der Waals surface area contributed by atoms with Gasteiger partial charge in [0.15, 0.2) is 0 Å². The van der Waals surface area contributed by atoms with E-state index in [0.29, 0.717) is 12.2 Å². The van der Waals surface area contributed by atoms with E-state index in [1.807, 2.05) is 6.92 Å². The van der Waals surface area contributed by atoms with Crippen LogP contribution in [0.25, 0.3) is 0 Å². The molecule has 0 fully saturated rings. The number of alkyl halides is 3. The van der Waals surface area contributed by atoms with Crippen molar-refractivity contribution in [1.29, 1.82) is 0 Å². The molecule has 0 bridgehead atoms. The van der Waals surface area contributed by atoms with E-state index >= 15 is 0 Å². The molecule has 0 N–H and O–H groups in total. The molecule has 7 heteroatoms. The van der Waals surface area contributed by atoms with Crippen LogP contribution in [0.5, 0.6) is 0 Å². The van der Waals surface area contributed by atoms with E-state index in [1.165, 1.54) is 6.07 Å². The number of nitrogens with zero attached hydrogens (tertiary/aromatic N) is 3. The second-order valence-electron chi connectivity index (χ2n) is 3.45. The van der Waals surface area contributed by atoms with Crippen LogP contribution in [0.15, 0.2) is 6.07 Å². The highest BCUT2D eigenvalue weighted by molar-refractivity contribution is 6.29. The predicted molar refractivity (Wildman–Crippen MR) is 60.4 cm³/mol. The van der Waals surface area contributed by atoms with Crippen molar-refractivity contribution in [1.82, 2.24) is 9.97 Å². The van der Waals surface area contributed by atoms with Gasteiger partial charge in [-0.3, -0.25) is 0 Å². The van der Waals surface area contributed by atoms with Crippen LogP contribution < -0.4 is 4.90 Å². The van der Waals surface area contributed by atoms with Gasteiger partial charge in [-0.25, -0.2) is 9.97 Å². The van der Waals surface area contributed by atoms with Crippen LogP contribution in [-0.2, 0) is 6.42 Å². The molecule has 0 spiro atoms. The molecule has 0 aromatic carbocycles. The van der Waals surface area contributed by atoms with Gasteiger partial charge in [0.05, 0.1) is 0 Å². The molecule has 0 unspecified atom stereocenters. The van der Waals surface area contributed by atoms with E-state index in [1.54, 1.807) is 6.92 Å². The summed E-state index contributed by atoms with van der Waals surface area (Å²) >= 11 is 5.74. The molecule has 1 aromatic heterocycles. The topological polar surface area (TPSA) is 29.0 Å². The van der Waals surface area contributed by atoms with Crippen molar-refractivity contribution in [2.24, 2.45) is 0 Å². The lowest BCUT2D eigenvalue weighted by atomic mass is 10.4. The van der Waals surface area contributed by atoms with E-state index < -0.39 is 12.7 Å². The number of halogens is 4. The summed E-state index contributed by atoms with van der Waals surface area (Å²) in [6.45, 7) is 2.61. The van der Waals surface area contributed by atoms with Crippen molar-refractivity contribution >= 4 is 17.4 Å². The van der Waals surface area contributed by atoms with Crippen LogP contribution in [0, 0.1) is 0 Å². The Morgan fingerprint density at radius 2 is 1.94 bits per heavy atom. The molecule has 96 valence electrons. The van der Waals surface area contributed by atoms with Gasteiger partial charge in [-0.05, 0) is 6.92 Å². The lowest BCUT2D eigenvalue weighted by molar-refractivity contribution is -0.119. The minimum atomic E-state index is -4.26. The summed E-state index contributed by atoms with van der Waals surface area (Å²) < 4.78 is 37.0. The first-order chi connectivity index (χ1) is 7.85. The van der Waals surface area contributed by atoms with Crippen LogP contribution in [0.4, 0.5) is 19.0 Å². The standard InChI is InChI=1S/C10H13ClF3N3/c1-3-8-15-7(11)5-9(16-8)17(4-2)6-10(12,13)14/h5H,3-4,6H2,1-2H3. The van der Waals surface area contributed by atoms with Crippen LogP contribution in [0.1, 0.15) is 19.7 Å². The Balaban J connectivity index is 2.99. The Labute approximate surface area is 103 Å². The fourth-order valence-corrected chi connectivity index (χ4v) is 1.54. The van der Waals surface area contributed by atoms with Gasteiger partial charge in [-0.2, -0.15) is 13.2 Å². The van der Waals surface area contributed by atoms with E-state index in [4.69, 9.17) is 11.6 Å². The van der Waals surface area contributed by atoms with Crippen LogP contribution in [0.3, 0.4) is 0 Å². The molecular formula is C10H13ClF3N3. The van der Waals surface area contributed by atoms with Gasteiger partial charge in [0.25, 0.3) is 0 Å². The maximum atomic E-state index is 12.3. The lowest BCUT2D eigenvalue weighted by Gasteiger charge is -2.23. The Morgan fingerprint density at radius 1 is 1.29 bits per heavy atom. The van der Waals surface area contributed by atoms with Crippen molar-refractivity contribution in [3.63, 3.8) is 0 Å². The van der Waals surface area contributed by atoms with Gasteiger partial charge in [0.1, 0.15) is 23.3 Å². The first-order valence-electron chi connectivity index (χ1n) is 5.21. The largest absolute Gasteiger partial charge is 0.405 e. The summed E-state index contributed by atoms with van der Waals surface area (Å²) in [4.78, 5) is 9.07. The number of hydrogen-bond acceptors (Lipinski definition) is 3. The minimum Gasteiger partial charge on any atom is -0.348 e. The zero-order chi connectivity index (χ0) is 13.1. The maximum absolute atomic E-state index is 12.3. The second kappa shape index (κ2) is 5.53. The average Bonchev–Trinajstić information content (AvgIpc) is 2.23. The normalized spacial score (nSPS) is 11.6. The first-order valence-corrected chi connectivity index (χ1v) is 5.58. The fraction of sp³-hybridized carbons (Fsp3) is 0.600. The summed E-state index contributed by atoms with van der Waals surface area (Å²) in [5.74, 6) is 0.648. The average molecular weight is 268 g/mol. The summed E-state index contributed by atoms with van der Waals surface area (Å²) in [5, 5.41) is 0.160. The van der Waals surface area contributed by atoms with Crippen LogP contribution in [-0.4, -0.2) is 29.2 Å². The number of aryl methyl sites for hydroxylation is 1. The van der Waals surface area contributed by atoms with Crippen molar-refractivity contribution in [2.45, 2.75) is 26.4 Å². The molecule has 0 radical (unpaired) electrons. The number of hydrogen-bond donors (Lipinski definition) is 0. The third-order valence-electron chi connectivity index (χ3n) is 2.12. The molecule has 0 atom stereocenters. The van der Waals surface area contributed by atoms with Crippen molar-refractivity contribution < 1.29 is 13.2 Å². The Bertz CT molecular complexity index is 382. The van der Waals surface area contributed by atoms with Gasteiger partial charge in [0.2, 0.25) is 0 Å². The highest BCUT2D eigenvalue weighted by Gasteiger charge is 2.31.